The molecule has 3 aromatic heterocycles. The fraction of sp³-hybridized carbons (Fsp3) is 0.0476. The average Bonchev–Trinajstić information content (AvgIpc) is 3.52. The quantitative estimate of drug-likeness (QED) is 0.177. The molecule has 8 aromatic rings. The van der Waals surface area contributed by atoms with Crippen LogP contribution in [0.3, 0.4) is 0 Å². The Morgan fingerprint density at radius 2 is 1.53 bits per heavy atom. The van der Waals surface area contributed by atoms with Gasteiger partial charge in [0.15, 0.2) is 0 Å². The Kier molecular flexibility index (Phi) is 7.31. The van der Waals surface area contributed by atoms with Crippen LogP contribution < -0.4 is 5.32 Å². The molecule has 0 amide bonds. The molecule has 1 radical (unpaired) electrons. The zero-order valence-corrected chi connectivity index (χ0v) is 27.7. The SMILES string of the molecule is [2H]C([2H])([2H])c1ccc(-c2[c-]cc3c(c2)-c2cccc(c2C)-c2ccc4oc5ccccc5c4c2N3)nc1.[Ir].[c-]1ccccc1-c1ccccn1. The van der Waals surface area contributed by atoms with E-state index in [9.17, 15) is 0 Å². The van der Waals surface area contributed by atoms with Gasteiger partial charge < -0.3 is 19.7 Å². The predicted octanol–water partition coefficient (Wildman–Crippen LogP) is 11.0. The summed E-state index contributed by atoms with van der Waals surface area (Å²) in [7, 11) is 0. The van der Waals surface area contributed by atoms with Crippen molar-refractivity contribution in [1.29, 1.82) is 0 Å². The number of nitrogens with zero attached hydrogens (tertiary/aromatic N) is 2. The van der Waals surface area contributed by atoms with E-state index < -0.39 is 6.85 Å². The Balaban J connectivity index is 0.000000255. The summed E-state index contributed by atoms with van der Waals surface area (Å²) in [5, 5.41) is 5.85. The molecule has 1 aliphatic rings. The maximum Gasteiger partial charge on any atom is 0.137 e. The molecule has 2 bridgehead atoms. The minimum Gasteiger partial charge on any atom is -0.456 e. The summed E-state index contributed by atoms with van der Waals surface area (Å²) in [6.07, 6.45) is 3.21. The summed E-state index contributed by atoms with van der Waals surface area (Å²) in [6, 6.07) is 46.2. The van der Waals surface area contributed by atoms with E-state index in [0.717, 1.165) is 72.4 Å². The molecule has 0 aliphatic carbocycles. The van der Waals surface area contributed by atoms with E-state index in [1.807, 2.05) is 72.8 Å². The number of rotatable bonds is 2. The number of nitrogens with one attached hydrogen (secondary N) is 1. The van der Waals surface area contributed by atoms with Gasteiger partial charge in [-0.15, -0.1) is 59.7 Å². The first kappa shape index (κ1) is 26.8. The second kappa shape index (κ2) is 12.8. The monoisotopic (exact) mass is 787 g/mol. The molecule has 0 atom stereocenters. The van der Waals surface area contributed by atoms with Crippen molar-refractivity contribution in [2.24, 2.45) is 0 Å². The van der Waals surface area contributed by atoms with Crippen LogP contribution in [-0.4, -0.2) is 9.97 Å². The van der Waals surface area contributed by atoms with Crippen LogP contribution in [0.5, 0.6) is 0 Å². The van der Waals surface area contributed by atoms with Gasteiger partial charge in [-0.3, -0.25) is 0 Å². The first-order valence-corrected chi connectivity index (χ1v) is 15.1. The van der Waals surface area contributed by atoms with E-state index in [1.54, 1.807) is 18.3 Å². The van der Waals surface area contributed by atoms with Crippen LogP contribution >= 0.6 is 0 Å². The second-order valence-electron chi connectivity index (χ2n) is 11.2. The summed E-state index contributed by atoms with van der Waals surface area (Å²) in [6.45, 7) is -0.0281. The third kappa shape index (κ3) is 5.65. The Bertz CT molecular complexity index is 2420. The van der Waals surface area contributed by atoms with Gasteiger partial charge in [0.05, 0.1) is 5.39 Å². The number of hydrogen-bond donors (Lipinski definition) is 1. The molecule has 1 aliphatic heterocycles. The number of para-hydroxylation sites is 1. The number of hydrogen-bond acceptors (Lipinski definition) is 4. The Morgan fingerprint density at radius 1 is 0.702 bits per heavy atom. The van der Waals surface area contributed by atoms with Crippen LogP contribution in [0.1, 0.15) is 15.2 Å². The first-order chi connectivity index (χ1) is 23.8. The second-order valence-corrected chi connectivity index (χ2v) is 11.2. The number of pyridine rings is 2. The van der Waals surface area contributed by atoms with Crippen LogP contribution in [0.15, 0.2) is 138 Å². The van der Waals surface area contributed by atoms with E-state index in [1.165, 1.54) is 11.8 Å². The molecular weight excluding hydrogens is 755 g/mol. The minimum absolute atomic E-state index is 0. The summed E-state index contributed by atoms with van der Waals surface area (Å²) < 4.78 is 29.0. The average molecular weight is 787 g/mol. The van der Waals surface area contributed by atoms with Gasteiger partial charge in [0, 0.05) is 53.2 Å². The number of fused-ring (bicyclic) bond motifs is 10. The normalized spacial score (nSPS) is 12.4. The molecule has 5 aromatic carbocycles. The van der Waals surface area contributed by atoms with Gasteiger partial charge in [-0.2, -0.15) is 0 Å². The van der Waals surface area contributed by atoms with E-state index in [2.05, 4.69) is 70.7 Å². The molecule has 5 heteroatoms. The van der Waals surface area contributed by atoms with Gasteiger partial charge in [0.25, 0.3) is 0 Å². The molecule has 4 heterocycles. The summed E-state index contributed by atoms with van der Waals surface area (Å²) in [5.74, 6) is 0. The van der Waals surface area contributed by atoms with E-state index in [-0.39, 0.29) is 25.7 Å². The molecule has 9 rings (SSSR count). The predicted molar refractivity (Wildman–Crippen MR) is 188 cm³/mol. The van der Waals surface area contributed by atoms with E-state index >= 15 is 0 Å². The van der Waals surface area contributed by atoms with Crippen LogP contribution in [0.2, 0.25) is 0 Å². The van der Waals surface area contributed by atoms with Gasteiger partial charge in [-0.25, -0.2) is 0 Å². The standard InChI is InChI=1S/C31H21N2O.C11H8N.Ir/c1-18-10-13-26(32-17-18)20-11-14-27-25(16-20)22-8-5-7-21(19(22)2)23-12-15-29-30(31(23)33-27)24-6-3-4-9-28(24)34-29;1-2-6-10(7-3-1)11-8-4-5-9-12-11;/h3-10,12-17,33H,1-2H3;1-6,8-9H;/q2*-1;/i1D3;;. The van der Waals surface area contributed by atoms with Gasteiger partial charge in [0.1, 0.15) is 11.2 Å². The van der Waals surface area contributed by atoms with Crippen LogP contribution in [0.25, 0.3) is 66.7 Å². The zero-order chi connectivity index (χ0) is 33.5. The molecule has 1 N–H and O–H groups in total. The zero-order valence-electron chi connectivity index (χ0n) is 28.3. The van der Waals surface area contributed by atoms with Crippen molar-refractivity contribution in [3.63, 3.8) is 0 Å². The molecule has 4 nitrogen and oxygen atoms in total. The number of aromatic nitrogens is 2. The molecule has 47 heavy (non-hydrogen) atoms. The van der Waals surface area contributed by atoms with Gasteiger partial charge in [-0.05, 0) is 77.4 Å². The fourth-order valence-electron chi connectivity index (χ4n) is 6.12. The molecule has 0 saturated heterocycles. The molecular formula is C42H29IrN3O-2. The Labute approximate surface area is 291 Å². The Hall–Kier alpha value is -5.35. The maximum absolute atomic E-state index is 7.62. The Morgan fingerprint density at radius 3 is 2.32 bits per heavy atom. The molecule has 0 fully saturated rings. The number of benzene rings is 5. The number of anilines is 2. The number of furan rings is 1. The third-order valence-electron chi connectivity index (χ3n) is 8.36. The van der Waals surface area contributed by atoms with Crippen molar-refractivity contribution in [2.45, 2.75) is 13.8 Å². The van der Waals surface area contributed by atoms with Crippen molar-refractivity contribution < 1.29 is 28.6 Å². The fourth-order valence-corrected chi connectivity index (χ4v) is 6.12. The van der Waals surface area contributed by atoms with Gasteiger partial charge >= 0.3 is 0 Å². The topological polar surface area (TPSA) is 51.0 Å². The molecule has 0 unspecified atom stereocenters. The van der Waals surface area contributed by atoms with Crippen molar-refractivity contribution >= 4 is 33.3 Å². The summed E-state index contributed by atoms with van der Waals surface area (Å²) >= 11 is 0. The number of aryl methyl sites for hydroxylation is 1. The molecule has 229 valence electrons. The van der Waals surface area contributed by atoms with E-state index in [0.29, 0.717) is 5.69 Å². The van der Waals surface area contributed by atoms with Crippen molar-refractivity contribution in [3.05, 3.63) is 157 Å². The first-order valence-electron chi connectivity index (χ1n) is 16.6. The van der Waals surface area contributed by atoms with Crippen molar-refractivity contribution in [1.82, 2.24) is 9.97 Å². The van der Waals surface area contributed by atoms with Gasteiger partial charge in [0.2, 0.25) is 0 Å². The summed E-state index contributed by atoms with van der Waals surface area (Å²) in [5.41, 5.74) is 13.0. The van der Waals surface area contributed by atoms with Gasteiger partial charge in [-0.1, -0.05) is 66.2 Å². The summed E-state index contributed by atoms with van der Waals surface area (Å²) in [4.78, 5) is 8.66. The minimum atomic E-state index is -2.18. The third-order valence-corrected chi connectivity index (χ3v) is 8.36. The molecule has 0 spiro atoms. The van der Waals surface area contributed by atoms with Crippen LogP contribution in [0, 0.1) is 25.9 Å². The van der Waals surface area contributed by atoms with Crippen LogP contribution in [-0.2, 0) is 20.1 Å². The largest absolute Gasteiger partial charge is 0.456 e. The van der Waals surface area contributed by atoms with Crippen molar-refractivity contribution in [2.75, 3.05) is 5.32 Å². The van der Waals surface area contributed by atoms with E-state index in [4.69, 9.17) is 8.53 Å². The van der Waals surface area contributed by atoms with Crippen LogP contribution in [0.4, 0.5) is 11.4 Å². The molecule has 0 saturated carbocycles. The van der Waals surface area contributed by atoms with Crippen molar-refractivity contribution in [3.8, 4) is 44.8 Å². The smallest absolute Gasteiger partial charge is 0.137 e. The maximum atomic E-state index is 7.62.